The number of nitrogens with zero attached hydrogens (tertiary/aromatic N) is 5. The van der Waals surface area contributed by atoms with Gasteiger partial charge < -0.3 is 5.11 Å². The highest BCUT2D eigenvalue weighted by molar-refractivity contribution is 5.85. The number of pyridine rings is 1. The molecule has 1 aromatic carbocycles. The molecule has 0 aliphatic heterocycles. The van der Waals surface area contributed by atoms with Gasteiger partial charge in [-0.05, 0) is 18.2 Å². The van der Waals surface area contributed by atoms with E-state index in [1.54, 1.807) is 24.7 Å². The van der Waals surface area contributed by atoms with Crippen LogP contribution < -0.4 is 0 Å². The van der Waals surface area contributed by atoms with Crippen molar-refractivity contribution in [2.24, 2.45) is 0 Å². The highest BCUT2D eigenvalue weighted by Gasteiger charge is 2.13. The van der Waals surface area contributed by atoms with Crippen LogP contribution in [0.3, 0.4) is 0 Å². The molecule has 0 bridgehead atoms. The van der Waals surface area contributed by atoms with Crippen molar-refractivity contribution < 1.29 is 9.90 Å². The SMILES string of the molecule is O=C(O)c1ccn(-c2cc(-c3ccccc3)nc(-c3ccncc3)n2)n1. The first-order valence-corrected chi connectivity index (χ1v) is 7.85. The number of carboxylic acid groups (broad SMARTS) is 1. The lowest BCUT2D eigenvalue weighted by Crippen LogP contribution is -2.05. The first-order chi connectivity index (χ1) is 12.7. The molecule has 3 heterocycles. The molecule has 0 saturated carbocycles. The van der Waals surface area contributed by atoms with E-state index in [1.165, 1.54) is 10.7 Å². The van der Waals surface area contributed by atoms with E-state index in [2.05, 4.69) is 20.1 Å². The average Bonchev–Trinajstić information content (AvgIpc) is 3.20. The number of aromatic carboxylic acids is 1. The van der Waals surface area contributed by atoms with E-state index < -0.39 is 5.97 Å². The summed E-state index contributed by atoms with van der Waals surface area (Å²) in [5.41, 5.74) is 2.41. The number of carboxylic acids is 1. The van der Waals surface area contributed by atoms with Gasteiger partial charge in [0.1, 0.15) is 0 Å². The molecule has 0 amide bonds. The Bertz CT molecular complexity index is 1000. The molecule has 0 saturated heterocycles. The Balaban J connectivity index is 1.89. The lowest BCUT2D eigenvalue weighted by Gasteiger charge is -2.08. The van der Waals surface area contributed by atoms with Gasteiger partial charge in [-0.1, -0.05) is 30.3 Å². The zero-order valence-electron chi connectivity index (χ0n) is 13.5. The van der Waals surface area contributed by atoms with Crippen LogP contribution in [0.4, 0.5) is 0 Å². The molecule has 4 rings (SSSR count). The minimum Gasteiger partial charge on any atom is -0.476 e. The molecule has 3 aromatic heterocycles. The van der Waals surface area contributed by atoms with Gasteiger partial charge in [0, 0.05) is 35.8 Å². The zero-order chi connectivity index (χ0) is 17.9. The van der Waals surface area contributed by atoms with Crippen LogP contribution in [0.25, 0.3) is 28.5 Å². The standard InChI is InChI=1S/C19H13N5O2/c25-19(26)15-8-11-24(23-15)17-12-16(13-4-2-1-3-5-13)21-18(22-17)14-6-9-20-10-7-14/h1-12H,(H,25,26). The lowest BCUT2D eigenvalue weighted by atomic mass is 10.1. The van der Waals surface area contributed by atoms with Crippen molar-refractivity contribution in [2.75, 3.05) is 0 Å². The molecule has 0 spiro atoms. The summed E-state index contributed by atoms with van der Waals surface area (Å²) >= 11 is 0. The Morgan fingerprint density at radius 2 is 1.69 bits per heavy atom. The second kappa shape index (κ2) is 6.56. The van der Waals surface area contributed by atoms with Crippen molar-refractivity contribution in [1.29, 1.82) is 0 Å². The molecular weight excluding hydrogens is 330 g/mol. The number of rotatable bonds is 4. The first-order valence-electron chi connectivity index (χ1n) is 7.85. The summed E-state index contributed by atoms with van der Waals surface area (Å²) < 4.78 is 1.43. The largest absolute Gasteiger partial charge is 0.476 e. The van der Waals surface area contributed by atoms with Gasteiger partial charge in [0.05, 0.1) is 5.69 Å². The van der Waals surface area contributed by atoms with E-state index in [4.69, 9.17) is 5.11 Å². The Labute approximate surface area is 148 Å². The maximum absolute atomic E-state index is 11.1. The summed E-state index contributed by atoms with van der Waals surface area (Å²) in [7, 11) is 0. The van der Waals surface area contributed by atoms with E-state index in [0.717, 1.165) is 16.8 Å². The molecule has 0 radical (unpaired) electrons. The number of carbonyl (C=O) groups is 1. The Morgan fingerprint density at radius 1 is 0.923 bits per heavy atom. The fraction of sp³-hybridized carbons (Fsp3) is 0. The summed E-state index contributed by atoms with van der Waals surface area (Å²) in [6.45, 7) is 0. The molecular formula is C19H13N5O2. The maximum Gasteiger partial charge on any atom is 0.356 e. The van der Waals surface area contributed by atoms with E-state index in [1.807, 2.05) is 42.5 Å². The van der Waals surface area contributed by atoms with Crippen LogP contribution in [0, 0.1) is 0 Å². The van der Waals surface area contributed by atoms with Crippen LogP contribution in [0.1, 0.15) is 10.5 Å². The monoisotopic (exact) mass is 343 g/mol. The van der Waals surface area contributed by atoms with Crippen LogP contribution >= 0.6 is 0 Å². The van der Waals surface area contributed by atoms with Gasteiger partial charge in [-0.15, -0.1) is 0 Å². The molecule has 7 heteroatoms. The van der Waals surface area contributed by atoms with Gasteiger partial charge in [0.25, 0.3) is 0 Å². The molecule has 7 nitrogen and oxygen atoms in total. The van der Waals surface area contributed by atoms with Crippen LogP contribution in [0.5, 0.6) is 0 Å². The number of aromatic nitrogens is 5. The van der Waals surface area contributed by atoms with Gasteiger partial charge >= 0.3 is 5.97 Å². The fourth-order valence-corrected chi connectivity index (χ4v) is 2.50. The molecule has 0 fully saturated rings. The minimum absolute atomic E-state index is 0.0460. The predicted octanol–water partition coefficient (Wildman–Crippen LogP) is 3.09. The number of hydrogen-bond acceptors (Lipinski definition) is 5. The van der Waals surface area contributed by atoms with Crippen molar-refractivity contribution in [1.82, 2.24) is 24.7 Å². The Hall–Kier alpha value is -3.87. The number of benzene rings is 1. The average molecular weight is 343 g/mol. The van der Waals surface area contributed by atoms with E-state index >= 15 is 0 Å². The van der Waals surface area contributed by atoms with Crippen LogP contribution in [-0.4, -0.2) is 35.8 Å². The van der Waals surface area contributed by atoms with Gasteiger partial charge in [-0.3, -0.25) is 4.98 Å². The maximum atomic E-state index is 11.1. The van der Waals surface area contributed by atoms with Crippen molar-refractivity contribution in [3.8, 4) is 28.5 Å². The molecule has 0 aliphatic carbocycles. The van der Waals surface area contributed by atoms with E-state index in [-0.39, 0.29) is 5.69 Å². The Kier molecular flexibility index (Phi) is 3.95. The third kappa shape index (κ3) is 3.05. The first kappa shape index (κ1) is 15.6. The highest BCUT2D eigenvalue weighted by atomic mass is 16.4. The van der Waals surface area contributed by atoms with E-state index in [0.29, 0.717) is 11.6 Å². The topological polar surface area (TPSA) is 93.8 Å². The van der Waals surface area contributed by atoms with Crippen molar-refractivity contribution in [3.63, 3.8) is 0 Å². The quantitative estimate of drug-likeness (QED) is 0.612. The summed E-state index contributed by atoms with van der Waals surface area (Å²) in [5, 5.41) is 13.2. The Morgan fingerprint density at radius 3 is 2.38 bits per heavy atom. The number of hydrogen-bond donors (Lipinski definition) is 1. The normalized spacial score (nSPS) is 10.6. The van der Waals surface area contributed by atoms with Crippen LogP contribution in [0.15, 0.2) is 73.2 Å². The minimum atomic E-state index is -1.09. The van der Waals surface area contributed by atoms with Crippen molar-refractivity contribution >= 4 is 5.97 Å². The van der Waals surface area contributed by atoms with Crippen LogP contribution in [0.2, 0.25) is 0 Å². The highest BCUT2D eigenvalue weighted by Crippen LogP contribution is 2.23. The molecule has 0 atom stereocenters. The zero-order valence-corrected chi connectivity index (χ0v) is 13.5. The summed E-state index contributed by atoms with van der Waals surface area (Å²) in [6.07, 6.45) is 4.91. The molecule has 0 aliphatic rings. The summed E-state index contributed by atoms with van der Waals surface area (Å²) in [6, 6.07) is 16.5. The van der Waals surface area contributed by atoms with Gasteiger partial charge in [-0.25, -0.2) is 19.4 Å². The fourth-order valence-electron chi connectivity index (χ4n) is 2.50. The van der Waals surface area contributed by atoms with Crippen LogP contribution in [-0.2, 0) is 0 Å². The van der Waals surface area contributed by atoms with E-state index in [9.17, 15) is 4.79 Å². The molecule has 1 N–H and O–H groups in total. The third-order valence-electron chi connectivity index (χ3n) is 3.76. The second-order valence-electron chi connectivity index (χ2n) is 5.49. The second-order valence-corrected chi connectivity index (χ2v) is 5.49. The molecule has 26 heavy (non-hydrogen) atoms. The molecule has 0 unspecified atom stereocenters. The third-order valence-corrected chi connectivity index (χ3v) is 3.76. The van der Waals surface area contributed by atoms with Crippen molar-refractivity contribution in [2.45, 2.75) is 0 Å². The predicted molar refractivity (Wildman–Crippen MR) is 94.8 cm³/mol. The summed E-state index contributed by atoms with van der Waals surface area (Å²) in [5.74, 6) is -0.0928. The smallest absolute Gasteiger partial charge is 0.356 e. The molecule has 4 aromatic rings. The summed E-state index contributed by atoms with van der Waals surface area (Å²) in [4.78, 5) is 24.3. The van der Waals surface area contributed by atoms with Gasteiger partial charge in [0.2, 0.25) is 0 Å². The van der Waals surface area contributed by atoms with Crippen molar-refractivity contribution in [3.05, 3.63) is 78.9 Å². The molecule has 126 valence electrons. The lowest BCUT2D eigenvalue weighted by molar-refractivity contribution is 0.0690. The van der Waals surface area contributed by atoms with Gasteiger partial charge in [-0.2, -0.15) is 5.10 Å². The van der Waals surface area contributed by atoms with Gasteiger partial charge in [0.15, 0.2) is 17.3 Å².